The molecule has 0 radical (unpaired) electrons. The Balaban J connectivity index is 2.66. The van der Waals surface area contributed by atoms with E-state index in [9.17, 15) is 9.59 Å². The molecule has 1 aliphatic rings. The molecule has 0 aromatic carbocycles. The lowest BCUT2D eigenvalue weighted by molar-refractivity contribution is -0.215. The number of hydrogen-bond acceptors (Lipinski definition) is 4. The van der Waals surface area contributed by atoms with Crippen molar-refractivity contribution in [1.82, 2.24) is 0 Å². The van der Waals surface area contributed by atoms with Gasteiger partial charge in [-0.2, -0.15) is 0 Å². The van der Waals surface area contributed by atoms with Crippen molar-refractivity contribution >= 4 is 11.9 Å². The molecule has 4 heteroatoms. The second-order valence-corrected chi connectivity index (χ2v) is 4.99. The minimum atomic E-state index is -0.776. The fourth-order valence-electron chi connectivity index (χ4n) is 1.34. The van der Waals surface area contributed by atoms with Crippen LogP contribution in [0.4, 0.5) is 0 Å². The lowest BCUT2D eigenvalue weighted by Crippen LogP contribution is -2.58. The molecule has 0 aliphatic carbocycles. The summed E-state index contributed by atoms with van der Waals surface area (Å²) in [6.07, 6.45) is 0. The van der Waals surface area contributed by atoms with Gasteiger partial charge < -0.3 is 9.47 Å². The van der Waals surface area contributed by atoms with Gasteiger partial charge in [0.05, 0.1) is 0 Å². The molecular formula is C10H16O4. The maximum atomic E-state index is 11.5. The maximum absolute atomic E-state index is 11.5. The number of carbonyl (C=O) groups excluding carboxylic acids is 2. The number of carbonyl (C=O) groups is 2. The zero-order chi connectivity index (χ0) is 11.1. The second-order valence-electron chi connectivity index (χ2n) is 4.99. The van der Waals surface area contributed by atoms with Crippen LogP contribution < -0.4 is 0 Å². The van der Waals surface area contributed by atoms with E-state index < -0.39 is 29.1 Å². The van der Waals surface area contributed by atoms with Crippen molar-refractivity contribution in [1.29, 1.82) is 0 Å². The first-order valence-electron chi connectivity index (χ1n) is 4.59. The van der Waals surface area contributed by atoms with Gasteiger partial charge in [-0.1, -0.05) is 0 Å². The summed E-state index contributed by atoms with van der Waals surface area (Å²) in [5.41, 5.74) is -1.29. The molecule has 1 atom stereocenters. The van der Waals surface area contributed by atoms with Crippen molar-refractivity contribution in [2.75, 3.05) is 0 Å². The normalized spacial score (nSPS) is 24.9. The van der Waals surface area contributed by atoms with E-state index in [-0.39, 0.29) is 0 Å². The highest BCUT2D eigenvalue weighted by molar-refractivity contribution is 6.00. The summed E-state index contributed by atoms with van der Waals surface area (Å²) in [4.78, 5) is 22.6. The van der Waals surface area contributed by atoms with Crippen molar-refractivity contribution in [3.8, 4) is 0 Å². The molecule has 14 heavy (non-hydrogen) atoms. The Morgan fingerprint density at radius 1 is 1.43 bits per heavy atom. The molecule has 0 spiro atoms. The van der Waals surface area contributed by atoms with Crippen LogP contribution in [0.2, 0.25) is 0 Å². The predicted octanol–water partition coefficient (Wildman–Crippen LogP) is 1.28. The summed E-state index contributed by atoms with van der Waals surface area (Å²) >= 11 is 0. The van der Waals surface area contributed by atoms with Crippen LogP contribution in [0.1, 0.15) is 34.6 Å². The zero-order valence-electron chi connectivity index (χ0n) is 9.21. The third-order valence-corrected chi connectivity index (χ3v) is 1.94. The molecular weight excluding hydrogens is 184 g/mol. The molecule has 0 unspecified atom stereocenters. The highest BCUT2D eigenvalue weighted by Gasteiger charge is 2.55. The fourth-order valence-corrected chi connectivity index (χ4v) is 1.34. The summed E-state index contributed by atoms with van der Waals surface area (Å²) in [7, 11) is 0. The monoisotopic (exact) mass is 200 g/mol. The van der Waals surface area contributed by atoms with Crippen LogP contribution in [0.25, 0.3) is 0 Å². The van der Waals surface area contributed by atoms with E-state index in [4.69, 9.17) is 9.47 Å². The van der Waals surface area contributed by atoms with Gasteiger partial charge in [-0.3, -0.25) is 9.59 Å². The lowest BCUT2D eigenvalue weighted by Gasteiger charge is -2.41. The predicted molar refractivity (Wildman–Crippen MR) is 49.5 cm³/mol. The topological polar surface area (TPSA) is 52.6 Å². The standard InChI is InChI=1S/C10H16O4/c1-9(2,3)13-7(11)6-8(12)14-10(6,4)5/h6H,1-5H3/t6-/m0/s1. The summed E-state index contributed by atoms with van der Waals surface area (Å²) in [5, 5.41) is 0. The summed E-state index contributed by atoms with van der Waals surface area (Å²) in [5.74, 6) is -1.77. The average Bonchev–Trinajstić information content (AvgIpc) is 1.77. The van der Waals surface area contributed by atoms with Gasteiger partial charge in [0.2, 0.25) is 0 Å². The van der Waals surface area contributed by atoms with Crippen LogP contribution in [0.3, 0.4) is 0 Å². The molecule has 1 aliphatic heterocycles. The third-order valence-electron chi connectivity index (χ3n) is 1.94. The molecule has 4 nitrogen and oxygen atoms in total. The van der Waals surface area contributed by atoms with E-state index in [1.165, 1.54) is 0 Å². The van der Waals surface area contributed by atoms with E-state index in [0.29, 0.717) is 0 Å². The van der Waals surface area contributed by atoms with Gasteiger partial charge in [0.15, 0.2) is 5.92 Å². The van der Waals surface area contributed by atoms with Crippen molar-refractivity contribution in [3.05, 3.63) is 0 Å². The van der Waals surface area contributed by atoms with Crippen LogP contribution >= 0.6 is 0 Å². The van der Waals surface area contributed by atoms with E-state index in [2.05, 4.69) is 0 Å². The SMILES string of the molecule is CC(C)(C)OC(=O)[C@H]1C(=O)OC1(C)C. The molecule has 0 amide bonds. The van der Waals surface area contributed by atoms with Crippen molar-refractivity contribution in [2.24, 2.45) is 5.92 Å². The van der Waals surface area contributed by atoms with Gasteiger partial charge in [0.25, 0.3) is 0 Å². The Hall–Kier alpha value is -1.06. The second kappa shape index (κ2) is 2.97. The Morgan fingerprint density at radius 3 is 2.21 bits per heavy atom. The number of esters is 2. The van der Waals surface area contributed by atoms with Crippen molar-refractivity contribution in [2.45, 2.75) is 45.8 Å². The van der Waals surface area contributed by atoms with Gasteiger partial charge in [-0.25, -0.2) is 0 Å². The van der Waals surface area contributed by atoms with Gasteiger partial charge in [-0.05, 0) is 34.6 Å². The molecule has 0 bridgehead atoms. The molecule has 1 heterocycles. The maximum Gasteiger partial charge on any atom is 0.325 e. The fraction of sp³-hybridized carbons (Fsp3) is 0.800. The van der Waals surface area contributed by atoms with Crippen molar-refractivity contribution in [3.63, 3.8) is 0 Å². The van der Waals surface area contributed by atoms with Gasteiger partial charge in [-0.15, -0.1) is 0 Å². The Bertz CT molecular complexity index is 272. The summed E-state index contributed by atoms with van der Waals surface area (Å²) < 4.78 is 9.94. The third kappa shape index (κ3) is 2.05. The molecule has 0 aromatic rings. The Kier molecular flexibility index (Phi) is 2.34. The molecule has 1 saturated heterocycles. The van der Waals surface area contributed by atoms with Crippen LogP contribution in [0.15, 0.2) is 0 Å². The quantitative estimate of drug-likeness (QED) is 0.472. The summed E-state index contributed by atoms with van der Waals surface area (Å²) in [6, 6.07) is 0. The first-order valence-corrected chi connectivity index (χ1v) is 4.59. The molecule has 0 saturated carbocycles. The minimum absolute atomic E-state index is 0.496. The molecule has 0 N–H and O–H groups in total. The van der Waals surface area contributed by atoms with Gasteiger partial charge >= 0.3 is 11.9 Å². The Morgan fingerprint density at radius 2 is 1.93 bits per heavy atom. The molecule has 1 fully saturated rings. The smallest absolute Gasteiger partial charge is 0.325 e. The molecule has 80 valence electrons. The van der Waals surface area contributed by atoms with Crippen LogP contribution in [-0.4, -0.2) is 23.1 Å². The van der Waals surface area contributed by atoms with E-state index in [1.54, 1.807) is 34.6 Å². The number of cyclic esters (lactones) is 1. The number of rotatable bonds is 1. The van der Waals surface area contributed by atoms with E-state index >= 15 is 0 Å². The highest BCUT2D eigenvalue weighted by atomic mass is 16.6. The Labute approximate surface area is 83.6 Å². The molecule has 1 rings (SSSR count). The minimum Gasteiger partial charge on any atom is -0.459 e. The largest absolute Gasteiger partial charge is 0.459 e. The van der Waals surface area contributed by atoms with Crippen LogP contribution in [0, 0.1) is 5.92 Å². The zero-order valence-corrected chi connectivity index (χ0v) is 9.21. The van der Waals surface area contributed by atoms with Crippen LogP contribution in [0.5, 0.6) is 0 Å². The van der Waals surface area contributed by atoms with Gasteiger partial charge in [0, 0.05) is 0 Å². The number of ether oxygens (including phenoxy) is 2. The van der Waals surface area contributed by atoms with Crippen molar-refractivity contribution < 1.29 is 19.1 Å². The lowest BCUT2D eigenvalue weighted by atomic mass is 9.85. The van der Waals surface area contributed by atoms with E-state index in [1.807, 2.05) is 0 Å². The summed E-state index contributed by atoms with van der Waals surface area (Å²) in [6.45, 7) is 8.69. The van der Waals surface area contributed by atoms with Gasteiger partial charge in [0.1, 0.15) is 11.2 Å². The van der Waals surface area contributed by atoms with Crippen LogP contribution in [-0.2, 0) is 19.1 Å². The average molecular weight is 200 g/mol. The first kappa shape index (κ1) is 11.0. The molecule has 0 aromatic heterocycles. The first-order chi connectivity index (χ1) is 6.13. The van der Waals surface area contributed by atoms with E-state index in [0.717, 1.165) is 0 Å². The number of hydrogen-bond donors (Lipinski definition) is 0. The highest BCUT2D eigenvalue weighted by Crippen LogP contribution is 2.35.